The summed E-state index contributed by atoms with van der Waals surface area (Å²) in [4.78, 5) is 2.58. The minimum atomic E-state index is 0.678. The van der Waals surface area contributed by atoms with E-state index in [1.807, 2.05) is 21.0 Å². The number of aromatic nitrogens is 2. The zero-order chi connectivity index (χ0) is 13.8. The number of piperidine rings is 1. The van der Waals surface area contributed by atoms with Gasteiger partial charge in [0, 0.05) is 25.2 Å². The van der Waals surface area contributed by atoms with Gasteiger partial charge in [0.05, 0.1) is 5.69 Å². The zero-order valence-electron chi connectivity index (χ0n) is 12.2. The molecule has 0 aliphatic carbocycles. The van der Waals surface area contributed by atoms with Crippen molar-refractivity contribution in [1.82, 2.24) is 20.0 Å². The van der Waals surface area contributed by atoms with Gasteiger partial charge < -0.3 is 5.32 Å². The predicted octanol–water partition coefficient (Wildman–Crippen LogP) is 2.35. The van der Waals surface area contributed by atoms with E-state index in [1.165, 1.54) is 37.8 Å². The first kappa shape index (κ1) is 14.8. The maximum Gasteiger partial charge on any atom is 0.131 e. The highest BCUT2D eigenvalue weighted by Crippen LogP contribution is 2.26. The van der Waals surface area contributed by atoms with Crippen molar-refractivity contribution in [3.05, 3.63) is 16.4 Å². The van der Waals surface area contributed by atoms with Gasteiger partial charge in [-0.25, -0.2) is 0 Å². The van der Waals surface area contributed by atoms with Gasteiger partial charge in [-0.05, 0) is 46.3 Å². The normalized spacial score (nSPS) is 20.9. The molecule has 1 unspecified atom stereocenters. The van der Waals surface area contributed by atoms with E-state index in [1.54, 1.807) is 4.68 Å². The summed E-state index contributed by atoms with van der Waals surface area (Å²) in [6.45, 7) is 5.25. The van der Waals surface area contributed by atoms with E-state index in [0.717, 1.165) is 23.9 Å². The third kappa shape index (κ3) is 3.50. The first-order valence-electron chi connectivity index (χ1n) is 7.20. The molecule has 1 N–H and O–H groups in total. The number of hydrogen-bond donors (Lipinski definition) is 1. The van der Waals surface area contributed by atoms with Crippen LogP contribution in [0.5, 0.6) is 0 Å². The Hall–Kier alpha value is -0.580. The molecule has 0 bridgehead atoms. The van der Waals surface area contributed by atoms with E-state index in [4.69, 9.17) is 11.6 Å². The van der Waals surface area contributed by atoms with Crippen LogP contribution >= 0.6 is 11.6 Å². The number of aryl methyl sites for hydroxylation is 2. The monoisotopic (exact) mass is 284 g/mol. The van der Waals surface area contributed by atoms with Gasteiger partial charge in [-0.3, -0.25) is 9.58 Å². The second-order valence-electron chi connectivity index (χ2n) is 5.49. The molecule has 0 spiro atoms. The summed E-state index contributed by atoms with van der Waals surface area (Å²) in [6.07, 6.45) is 5.17. The Morgan fingerprint density at radius 3 is 2.84 bits per heavy atom. The van der Waals surface area contributed by atoms with Crippen molar-refractivity contribution >= 4 is 11.6 Å². The van der Waals surface area contributed by atoms with Crippen LogP contribution in [0, 0.1) is 6.92 Å². The van der Waals surface area contributed by atoms with Crippen molar-refractivity contribution in [2.45, 2.75) is 45.2 Å². The molecule has 0 aromatic carbocycles. The second kappa shape index (κ2) is 6.73. The molecular weight excluding hydrogens is 260 g/mol. The fraction of sp³-hybridized carbons (Fsp3) is 0.786. The van der Waals surface area contributed by atoms with Gasteiger partial charge in [0.15, 0.2) is 0 Å². The number of likely N-dealkylation sites (tertiary alicyclic amines) is 1. The molecule has 1 atom stereocenters. The summed E-state index contributed by atoms with van der Waals surface area (Å²) >= 11 is 6.35. The molecule has 0 saturated carbocycles. The van der Waals surface area contributed by atoms with Gasteiger partial charge >= 0.3 is 0 Å². The molecule has 0 amide bonds. The third-order valence-electron chi connectivity index (χ3n) is 4.11. The maximum absolute atomic E-state index is 6.35. The van der Waals surface area contributed by atoms with E-state index in [-0.39, 0.29) is 0 Å². The highest BCUT2D eigenvalue weighted by Gasteiger charge is 2.24. The molecule has 19 heavy (non-hydrogen) atoms. The average molecular weight is 285 g/mol. The number of hydrogen-bond acceptors (Lipinski definition) is 3. The highest BCUT2D eigenvalue weighted by atomic mass is 35.5. The molecule has 1 aliphatic rings. The molecule has 1 aliphatic heterocycles. The van der Waals surface area contributed by atoms with Crippen LogP contribution in [0.25, 0.3) is 0 Å². The molecular formula is C14H25ClN4. The molecule has 4 nitrogen and oxygen atoms in total. The lowest BCUT2D eigenvalue weighted by Gasteiger charge is -2.35. The van der Waals surface area contributed by atoms with Crippen molar-refractivity contribution in [2.24, 2.45) is 7.05 Å². The van der Waals surface area contributed by atoms with Crippen molar-refractivity contribution in [3.8, 4) is 0 Å². The molecule has 2 heterocycles. The number of nitrogens with one attached hydrogen (secondary N) is 1. The number of nitrogens with zero attached hydrogens (tertiary/aromatic N) is 3. The van der Waals surface area contributed by atoms with Crippen LogP contribution in [-0.2, 0) is 13.6 Å². The molecule has 1 aromatic rings. The van der Waals surface area contributed by atoms with Gasteiger partial charge in [0.2, 0.25) is 0 Å². The maximum atomic E-state index is 6.35. The summed E-state index contributed by atoms with van der Waals surface area (Å²) < 4.78 is 1.78. The summed E-state index contributed by atoms with van der Waals surface area (Å²) in [5.74, 6) is 0. The van der Waals surface area contributed by atoms with Gasteiger partial charge in [0.1, 0.15) is 5.15 Å². The second-order valence-corrected chi connectivity index (χ2v) is 5.85. The third-order valence-corrected chi connectivity index (χ3v) is 4.58. The average Bonchev–Trinajstić information content (AvgIpc) is 2.64. The van der Waals surface area contributed by atoms with E-state index in [2.05, 4.69) is 15.3 Å². The van der Waals surface area contributed by atoms with E-state index < -0.39 is 0 Å². The van der Waals surface area contributed by atoms with Crippen molar-refractivity contribution in [3.63, 3.8) is 0 Å². The van der Waals surface area contributed by atoms with Gasteiger partial charge in [-0.2, -0.15) is 5.10 Å². The van der Waals surface area contributed by atoms with E-state index in [9.17, 15) is 0 Å². The lowest BCUT2D eigenvalue weighted by atomic mass is 9.98. The van der Waals surface area contributed by atoms with Gasteiger partial charge in [-0.15, -0.1) is 0 Å². The Bertz CT molecular complexity index is 416. The number of rotatable bonds is 5. The Morgan fingerprint density at radius 1 is 1.42 bits per heavy atom. The topological polar surface area (TPSA) is 33.1 Å². The standard InChI is InChI=1S/C14H25ClN4/c1-11-13(14(15)18(3)17-11)10-19-9-5-4-6-12(19)7-8-16-2/h12,16H,4-10H2,1-3H3. The Morgan fingerprint density at radius 2 is 2.21 bits per heavy atom. The fourth-order valence-corrected chi connectivity index (χ4v) is 3.20. The number of halogens is 1. The Kier molecular flexibility index (Phi) is 5.25. The minimum absolute atomic E-state index is 0.678. The molecule has 0 radical (unpaired) electrons. The quantitative estimate of drug-likeness (QED) is 0.901. The minimum Gasteiger partial charge on any atom is -0.320 e. The lowest BCUT2D eigenvalue weighted by molar-refractivity contribution is 0.132. The van der Waals surface area contributed by atoms with Crippen LogP contribution in [0.3, 0.4) is 0 Å². The van der Waals surface area contributed by atoms with Crippen LogP contribution in [0.15, 0.2) is 0 Å². The van der Waals surface area contributed by atoms with Crippen LogP contribution in [-0.4, -0.2) is 40.9 Å². The largest absolute Gasteiger partial charge is 0.320 e. The lowest BCUT2D eigenvalue weighted by Crippen LogP contribution is -2.40. The zero-order valence-corrected chi connectivity index (χ0v) is 13.0. The summed E-state index contributed by atoms with van der Waals surface area (Å²) in [7, 11) is 3.93. The van der Waals surface area contributed by atoms with Crippen LogP contribution in [0.2, 0.25) is 5.15 Å². The van der Waals surface area contributed by atoms with Crippen LogP contribution in [0.1, 0.15) is 36.9 Å². The summed E-state index contributed by atoms with van der Waals surface area (Å²) in [5, 5.41) is 8.45. The van der Waals surface area contributed by atoms with E-state index in [0.29, 0.717) is 6.04 Å². The SMILES string of the molecule is CNCCC1CCCCN1Cc1c(C)nn(C)c1Cl. The molecule has 5 heteroatoms. The molecule has 108 valence electrons. The van der Waals surface area contributed by atoms with E-state index >= 15 is 0 Å². The Balaban J connectivity index is 2.06. The predicted molar refractivity (Wildman–Crippen MR) is 79.5 cm³/mol. The molecule has 1 fully saturated rings. The van der Waals surface area contributed by atoms with Crippen molar-refractivity contribution < 1.29 is 0 Å². The molecule has 2 rings (SSSR count). The smallest absolute Gasteiger partial charge is 0.131 e. The van der Waals surface area contributed by atoms with Crippen LogP contribution in [0.4, 0.5) is 0 Å². The van der Waals surface area contributed by atoms with Gasteiger partial charge in [-0.1, -0.05) is 18.0 Å². The fourth-order valence-electron chi connectivity index (χ4n) is 2.96. The molecule has 1 saturated heterocycles. The van der Waals surface area contributed by atoms with Crippen LogP contribution < -0.4 is 5.32 Å². The molecule has 1 aromatic heterocycles. The van der Waals surface area contributed by atoms with Crippen molar-refractivity contribution in [1.29, 1.82) is 0 Å². The van der Waals surface area contributed by atoms with Crippen molar-refractivity contribution in [2.75, 3.05) is 20.1 Å². The highest BCUT2D eigenvalue weighted by molar-refractivity contribution is 6.30. The first-order chi connectivity index (χ1) is 9.13. The summed E-state index contributed by atoms with van der Waals surface area (Å²) in [5.41, 5.74) is 2.26. The Labute approximate surface area is 121 Å². The summed E-state index contributed by atoms with van der Waals surface area (Å²) in [6, 6.07) is 0.678. The van der Waals surface area contributed by atoms with Gasteiger partial charge in [0.25, 0.3) is 0 Å². The first-order valence-corrected chi connectivity index (χ1v) is 7.58.